The number of nitrogens with two attached hydrogens (primary N) is 1. The summed E-state index contributed by atoms with van der Waals surface area (Å²) in [6.07, 6.45) is 7.39. The van der Waals surface area contributed by atoms with Crippen molar-refractivity contribution in [3.8, 4) is 0 Å². The molecule has 0 amide bonds. The maximum atomic E-state index is 10.9. The third-order valence-corrected chi connectivity index (χ3v) is 2.29. The number of carbonyl (C=O) groups is 1. The predicted octanol–water partition coefficient (Wildman–Crippen LogP) is 1.26. The van der Waals surface area contributed by atoms with Gasteiger partial charge in [0.1, 0.15) is 5.78 Å². The zero-order valence-corrected chi connectivity index (χ0v) is 6.92. The summed E-state index contributed by atoms with van der Waals surface area (Å²) < 4.78 is 0. The molecule has 2 N–H and O–H groups in total. The standard InChI is InChI=1S/C9H15NO/c1-7(11)9(10)8-5-3-2-4-6-8/h2-3,8-9H,4-6,10H2,1H3. The van der Waals surface area contributed by atoms with E-state index in [4.69, 9.17) is 5.73 Å². The smallest absolute Gasteiger partial charge is 0.146 e. The Hall–Kier alpha value is -0.630. The third-order valence-electron chi connectivity index (χ3n) is 2.29. The van der Waals surface area contributed by atoms with E-state index in [9.17, 15) is 4.79 Å². The van der Waals surface area contributed by atoms with Crippen molar-refractivity contribution >= 4 is 5.78 Å². The first-order chi connectivity index (χ1) is 5.22. The van der Waals surface area contributed by atoms with Crippen LogP contribution in [0.5, 0.6) is 0 Å². The predicted molar refractivity (Wildman–Crippen MR) is 45.1 cm³/mol. The minimum absolute atomic E-state index is 0.116. The van der Waals surface area contributed by atoms with Crippen LogP contribution in [0.15, 0.2) is 12.2 Å². The molecule has 0 spiro atoms. The molecule has 0 saturated carbocycles. The Morgan fingerprint density at radius 3 is 2.82 bits per heavy atom. The van der Waals surface area contributed by atoms with Crippen molar-refractivity contribution < 1.29 is 4.79 Å². The average molecular weight is 153 g/mol. The molecule has 2 nitrogen and oxygen atoms in total. The molecule has 0 aromatic heterocycles. The minimum atomic E-state index is -0.236. The van der Waals surface area contributed by atoms with Crippen LogP contribution in [0, 0.1) is 5.92 Å². The summed E-state index contributed by atoms with van der Waals surface area (Å²) in [5.41, 5.74) is 5.71. The highest BCUT2D eigenvalue weighted by atomic mass is 16.1. The molecule has 2 heteroatoms. The lowest BCUT2D eigenvalue weighted by Gasteiger charge is -2.22. The molecular weight excluding hydrogens is 138 g/mol. The van der Waals surface area contributed by atoms with E-state index in [0.717, 1.165) is 19.3 Å². The SMILES string of the molecule is CC(=O)C(N)C1CC=CCC1. The molecular formula is C9H15NO. The number of rotatable bonds is 2. The average Bonchev–Trinajstić information content (AvgIpc) is 2.05. The van der Waals surface area contributed by atoms with Crippen LogP contribution in [0.4, 0.5) is 0 Å². The van der Waals surface area contributed by atoms with Gasteiger partial charge in [-0.25, -0.2) is 0 Å². The molecule has 0 aromatic rings. The Labute approximate surface area is 67.5 Å². The summed E-state index contributed by atoms with van der Waals surface area (Å²) in [4.78, 5) is 10.9. The highest BCUT2D eigenvalue weighted by Crippen LogP contribution is 2.20. The first-order valence-electron chi connectivity index (χ1n) is 4.13. The van der Waals surface area contributed by atoms with Crippen molar-refractivity contribution in [2.75, 3.05) is 0 Å². The van der Waals surface area contributed by atoms with Gasteiger partial charge in [-0.3, -0.25) is 4.79 Å². The third kappa shape index (κ3) is 2.15. The molecule has 0 aliphatic heterocycles. The zero-order chi connectivity index (χ0) is 8.27. The normalized spacial score (nSPS) is 26.5. The van der Waals surface area contributed by atoms with Crippen molar-refractivity contribution in [1.82, 2.24) is 0 Å². The molecule has 2 atom stereocenters. The van der Waals surface area contributed by atoms with Crippen LogP contribution < -0.4 is 5.73 Å². The molecule has 11 heavy (non-hydrogen) atoms. The summed E-state index contributed by atoms with van der Waals surface area (Å²) in [5, 5.41) is 0. The highest BCUT2D eigenvalue weighted by Gasteiger charge is 2.21. The van der Waals surface area contributed by atoms with Crippen LogP contribution >= 0.6 is 0 Å². The summed E-state index contributed by atoms with van der Waals surface area (Å²) in [7, 11) is 0. The van der Waals surface area contributed by atoms with Crippen molar-refractivity contribution in [2.45, 2.75) is 32.2 Å². The number of hydrogen-bond donors (Lipinski definition) is 1. The second-order valence-corrected chi connectivity index (χ2v) is 3.18. The van der Waals surface area contributed by atoms with Gasteiger partial charge in [-0.2, -0.15) is 0 Å². The van der Waals surface area contributed by atoms with Gasteiger partial charge in [0.05, 0.1) is 6.04 Å². The first-order valence-corrected chi connectivity index (χ1v) is 4.13. The van der Waals surface area contributed by atoms with Crippen LogP contribution in [-0.4, -0.2) is 11.8 Å². The van der Waals surface area contributed by atoms with Crippen LogP contribution in [0.3, 0.4) is 0 Å². The van der Waals surface area contributed by atoms with Crippen molar-refractivity contribution in [3.05, 3.63) is 12.2 Å². The lowest BCUT2D eigenvalue weighted by molar-refractivity contribution is -0.119. The van der Waals surface area contributed by atoms with Gasteiger partial charge in [0.15, 0.2) is 0 Å². The fourth-order valence-electron chi connectivity index (χ4n) is 1.48. The van der Waals surface area contributed by atoms with Crippen LogP contribution in [-0.2, 0) is 4.79 Å². The number of ketones is 1. The van der Waals surface area contributed by atoms with Gasteiger partial charge >= 0.3 is 0 Å². The minimum Gasteiger partial charge on any atom is -0.321 e. The molecule has 0 aromatic carbocycles. The van der Waals surface area contributed by atoms with Gasteiger partial charge in [-0.1, -0.05) is 12.2 Å². The fraction of sp³-hybridized carbons (Fsp3) is 0.667. The molecule has 1 rings (SSSR count). The number of carbonyl (C=O) groups excluding carboxylic acids is 1. The molecule has 0 radical (unpaired) electrons. The van der Waals surface area contributed by atoms with Gasteiger partial charge in [-0.15, -0.1) is 0 Å². The van der Waals surface area contributed by atoms with E-state index < -0.39 is 0 Å². The van der Waals surface area contributed by atoms with Gasteiger partial charge < -0.3 is 5.73 Å². The second kappa shape index (κ2) is 3.67. The summed E-state index contributed by atoms with van der Waals surface area (Å²) in [6, 6.07) is -0.236. The molecule has 62 valence electrons. The zero-order valence-electron chi connectivity index (χ0n) is 6.92. The molecule has 0 heterocycles. The van der Waals surface area contributed by atoms with Crippen LogP contribution in [0.25, 0.3) is 0 Å². The maximum absolute atomic E-state index is 10.9. The summed E-state index contributed by atoms with van der Waals surface area (Å²) in [6.45, 7) is 1.57. The topological polar surface area (TPSA) is 43.1 Å². The quantitative estimate of drug-likeness (QED) is 0.607. The molecule has 1 aliphatic carbocycles. The van der Waals surface area contributed by atoms with E-state index in [-0.39, 0.29) is 11.8 Å². The largest absolute Gasteiger partial charge is 0.321 e. The van der Waals surface area contributed by atoms with E-state index in [2.05, 4.69) is 12.2 Å². The molecule has 0 fully saturated rings. The maximum Gasteiger partial charge on any atom is 0.146 e. The van der Waals surface area contributed by atoms with E-state index in [0.29, 0.717) is 5.92 Å². The Morgan fingerprint density at radius 1 is 1.64 bits per heavy atom. The van der Waals surface area contributed by atoms with Gasteiger partial charge in [0, 0.05) is 0 Å². The van der Waals surface area contributed by atoms with Gasteiger partial charge in [0.25, 0.3) is 0 Å². The molecule has 0 saturated heterocycles. The van der Waals surface area contributed by atoms with Crippen LogP contribution in [0.2, 0.25) is 0 Å². The first kappa shape index (κ1) is 8.47. The Bertz CT molecular complexity index is 174. The van der Waals surface area contributed by atoms with Crippen LogP contribution in [0.1, 0.15) is 26.2 Å². The molecule has 0 bridgehead atoms. The van der Waals surface area contributed by atoms with Crippen molar-refractivity contribution in [1.29, 1.82) is 0 Å². The Kier molecular flexibility index (Phi) is 2.83. The summed E-state index contributed by atoms with van der Waals surface area (Å²) in [5.74, 6) is 0.503. The van der Waals surface area contributed by atoms with E-state index in [1.807, 2.05) is 0 Å². The Morgan fingerprint density at radius 2 is 2.36 bits per heavy atom. The Balaban J connectivity index is 2.46. The van der Waals surface area contributed by atoms with Gasteiger partial charge in [-0.05, 0) is 32.1 Å². The number of allylic oxidation sites excluding steroid dienone is 2. The second-order valence-electron chi connectivity index (χ2n) is 3.18. The van der Waals surface area contributed by atoms with Crippen molar-refractivity contribution in [2.24, 2.45) is 11.7 Å². The van der Waals surface area contributed by atoms with Gasteiger partial charge in [0.2, 0.25) is 0 Å². The fourth-order valence-corrected chi connectivity index (χ4v) is 1.48. The van der Waals surface area contributed by atoms with E-state index in [1.54, 1.807) is 6.92 Å². The molecule has 1 aliphatic rings. The van der Waals surface area contributed by atoms with E-state index >= 15 is 0 Å². The number of Topliss-reactive ketones (excluding diaryl/α,β-unsaturated/α-hetero) is 1. The van der Waals surface area contributed by atoms with Crippen molar-refractivity contribution in [3.63, 3.8) is 0 Å². The summed E-state index contributed by atoms with van der Waals surface area (Å²) >= 11 is 0. The lowest BCUT2D eigenvalue weighted by atomic mass is 9.86. The lowest BCUT2D eigenvalue weighted by Crippen LogP contribution is -2.36. The monoisotopic (exact) mass is 153 g/mol. The number of hydrogen-bond acceptors (Lipinski definition) is 2. The molecule has 2 unspecified atom stereocenters. The highest BCUT2D eigenvalue weighted by molar-refractivity contribution is 5.81. The van der Waals surface area contributed by atoms with E-state index in [1.165, 1.54) is 0 Å².